The zero-order valence-electron chi connectivity index (χ0n) is 13.8. The number of nitro groups is 1. The monoisotopic (exact) mass is 349 g/mol. The van der Waals surface area contributed by atoms with E-state index in [1.54, 1.807) is 0 Å². The van der Waals surface area contributed by atoms with Crippen LogP contribution in [0.5, 0.6) is 0 Å². The highest BCUT2D eigenvalue weighted by Gasteiger charge is 2.48. The van der Waals surface area contributed by atoms with Crippen LogP contribution in [0.2, 0.25) is 0 Å². The summed E-state index contributed by atoms with van der Waals surface area (Å²) in [7, 11) is 0. The first-order chi connectivity index (χ1) is 12.0. The number of anilines is 1. The topological polar surface area (TPSA) is 97.4 Å². The maximum absolute atomic E-state index is 13.9. The minimum atomic E-state index is -0.716. The van der Waals surface area contributed by atoms with Gasteiger partial charge in [0.1, 0.15) is 6.07 Å². The highest BCUT2D eigenvalue weighted by molar-refractivity contribution is 5.62. The van der Waals surface area contributed by atoms with Crippen molar-refractivity contribution in [2.45, 2.75) is 31.5 Å². The summed E-state index contributed by atoms with van der Waals surface area (Å²) in [5.41, 5.74) is -0.158. The van der Waals surface area contributed by atoms with E-state index in [1.807, 2.05) is 6.07 Å². The Morgan fingerprint density at radius 1 is 1.36 bits per heavy atom. The summed E-state index contributed by atoms with van der Waals surface area (Å²) in [6, 6.07) is 5.99. The van der Waals surface area contributed by atoms with Crippen molar-refractivity contribution in [3.8, 4) is 6.07 Å². The van der Waals surface area contributed by atoms with Crippen molar-refractivity contribution < 1.29 is 18.8 Å². The van der Waals surface area contributed by atoms with E-state index in [2.05, 4.69) is 5.32 Å². The molecule has 1 unspecified atom stereocenters. The quantitative estimate of drug-likeness (QED) is 0.648. The van der Waals surface area contributed by atoms with Crippen molar-refractivity contribution in [1.82, 2.24) is 0 Å². The Balaban J connectivity index is 1.78. The molecule has 1 saturated carbocycles. The second-order valence-corrected chi connectivity index (χ2v) is 6.72. The zero-order valence-corrected chi connectivity index (χ0v) is 13.8. The highest BCUT2D eigenvalue weighted by Crippen LogP contribution is 2.46. The minimum absolute atomic E-state index is 0.113. The number of nitrogens with zero attached hydrogens (tertiary/aromatic N) is 2. The summed E-state index contributed by atoms with van der Waals surface area (Å²) in [4.78, 5) is 10.4. The van der Waals surface area contributed by atoms with E-state index in [0.29, 0.717) is 37.3 Å². The Bertz CT molecular complexity index is 700. The SMILES string of the molecule is N#Cc1ccc([N+](=O)[O-])cc1NCC1(CF)CCCC2(C1)OCCO2. The molecule has 1 aliphatic heterocycles. The van der Waals surface area contributed by atoms with Crippen molar-refractivity contribution >= 4 is 11.4 Å². The van der Waals surface area contributed by atoms with Gasteiger partial charge in [0.05, 0.1) is 36.1 Å². The Morgan fingerprint density at radius 3 is 2.76 bits per heavy atom. The number of hydrogen-bond acceptors (Lipinski definition) is 6. The lowest BCUT2D eigenvalue weighted by molar-refractivity contribution is -0.384. The second kappa shape index (κ2) is 6.94. The lowest BCUT2D eigenvalue weighted by atomic mass is 9.72. The number of alkyl halides is 1. The van der Waals surface area contributed by atoms with Crippen LogP contribution in [0.4, 0.5) is 15.8 Å². The van der Waals surface area contributed by atoms with Crippen LogP contribution in [-0.4, -0.2) is 37.1 Å². The van der Waals surface area contributed by atoms with Crippen LogP contribution in [0, 0.1) is 26.9 Å². The van der Waals surface area contributed by atoms with Crippen LogP contribution in [0.3, 0.4) is 0 Å². The van der Waals surface area contributed by atoms with Crippen LogP contribution < -0.4 is 5.32 Å². The van der Waals surface area contributed by atoms with Gasteiger partial charge < -0.3 is 14.8 Å². The normalized spacial score (nSPS) is 24.8. The van der Waals surface area contributed by atoms with Crippen LogP contribution >= 0.6 is 0 Å². The second-order valence-electron chi connectivity index (χ2n) is 6.72. The van der Waals surface area contributed by atoms with Crippen LogP contribution in [0.25, 0.3) is 0 Å². The molecule has 2 aliphatic rings. The van der Waals surface area contributed by atoms with Crippen molar-refractivity contribution in [2.75, 3.05) is 31.7 Å². The maximum atomic E-state index is 13.9. The van der Waals surface area contributed by atoms with E-state index in [9.17, 15) is 19.8 Å². The lowest BCUT2D eigenvalue weighted by Crippen LogP contribution is -2.46. The Morgan fingerprint density at radius 2 is 2.12 bits per heavy atom. The molecular weight excluding hydrogens is 329 g/mol. The molecule has 1 aromatic carbocycles. The number of nitriles is 1. The standard InChI is InChI=1S/C17H20FN3O4/c18-11-16(4-1-5-17(10-16)24-6-7-25-17)12-20-15-8-14(21(22)23)3-2-13(15)9-19/h2-3,8,20H,1,4-7,10-12H2. The fourth-order valence-electron chi connectivity index (χ4n) is 3.71. The Labute approximate surface area is 144 Å². The van der Waals surface area contributed by atoms with Gasteiger partial charge in [-0.3, -0.25) is 14.5 Å². The number of non-ortho nitro benzene ring substituents is 1. The smallest absolute Gasteiger partial charge is 0.271 e. The molecule has 0 amide bonds. The lowest BCUT2D eigenvalue weighted by Gasteiger charge is -2.43. The summed E-state index contributed by atoms with van der Waals surface area (Å²) in [5, 5.41) is 23.2. The summed E-state index contributed by atoms with van der Waals surface area (Å²) in [6.07, 6.45) is 2.63. The number of nitro benzene ring substituents is 1. The van der Waals surface area contributed by atoms with Crippen molar-refractivity contribution in [3.05, 3.63) is 33.9 Å². The largest absolute Gasteiger partial charge is 0.383 e. The molecule has 25 heavy (non-hydrogen) atoms. The van der Waals surface area contributed by atoms with Crippen molar-refractivity contribution in [3.63, 3.8) is 0 Å². The number of hydrogen-bond donors (Lipinski definition) is 1. The molecule has 1 atom stereocenters. The van der Waals surface area contributed by atoms with E-state index in [1.165, 1.54) is 18.2 Å². The molecular formula is C17H20FN3O4. The van der Waals surface area contributed by atoms with Gasteiger partial charge in [-0.2, -0.15) is 5.26 Å². The average Bonchev–Trinajstić information content (AvgIpc) is 3.07. The molecule has 1 heterocycles. The molecule has 134 valence electrons. The van der Waals surface area contributed by atoms with Gasteiger partial charge in [0.2, 0.25) is 0 Å². The van der Waals surface area contributed by atoms with Crippen LogP contribution in [0.15, 0.2) is 18.2 Å². The molecule has 1 aromatic rings. The van der Waals surface area contributed by atoms with E-state index >= 15 is 0 Å². The van der Waals surface area contributed by atoms with Gasteiger partial charge in [-0.15, -0.1) is 0 Å². The number of ether oxygens (including phenoxy) is 2. The Kier molecular flexibility index (Phi) is 4.88. The van der Waals surface area contributed by atoms with Gasteiger partial charge in [0.15, 0.2) is 5.79 Å². The first-order valence-electron chi connectivity index (χ1n) is 8.28. The summed E-state index contributed by atoms with van der Waals surface area (Å²) in [5.74, 6) is -0.716. The van der Waals surface area contributed by atoms with Gasteiger partial charge in [0, 0.05) is 36.9 Å². The summed E-state index contributed by atoms with van der Waals surface area (Å²) < 4.78 is 25.4. The third-order valence-corrected chi connectivity index (χ3v) is 4.99. The summed E-state index contributed by atoms with van der Waals surface area (Å²) in [6.45, 7) is 0.734. The number of rotatable bonds is 5. The Hall–Kier alpha value is -2.24. The molecule has 0 bridgehead atoms. The van der Waals surface area contributed by atoms with Crippen molar-refractivity contribution in [2.24, 2.45) is 5.41 Å². The molecule has 1 saturated heterocycles. The number of halogens is 1. The van der Waals surface area contributed by atoms with Crippen molar-refractivity contribution in [1.29, 1.82) is 5.26 Å². The van der Waals surface area contributed by atoms with Gasteiger partial charge in [-0.1, -0.05) is 0 Å². The predicted molar refractivity (Wildman–Crippen MR) is 87.8 cm³/mol. The predicted octanol–water partition coefficient (Wildman–Crippen LogP) is 3.15. The van der Waals surface area contributed by atoms with Crippen LogP contribution in [-0.2, 0) is 9.47 Å². The first-order valence-corrected chi connectivity index (χ1v) is 8.28. The molecule has 1 spiro atoms. The minimum Gasteiger partial charge on any atom is -0.383 e. The molecule has 8 heteroatoms. The van der Waals surface area contributed by atoms with Crippen LogP contribution in [0.1, 0.15) is 31.2 Å². The average molecular weight is 349 g/mol. The van der Waals surface area contributed by atoms with E-state index in [0.717, 1.165) is 12.8 Å². The highest BCUT2D eigenvalue weighted by atomic mass is 19.1. The van der Waals surface area contributed by atoms with Gasteiger partial charge in [-0.25, -0.2) is 0 Å². The summed E-state index contributed by atoms with van der Waals surface area (Å²) >= 11 is 0. The molecule has 2 fully saturated rings. The van der Waals surface area contributed by atoms with E-state index in [-0.39, 0.29) is 12.2 Å². The molecule has 0 aromatic heterocycles. The molecule has 1 aliphatic carbocycles. The fourth-order valence-corrected chi connectivity index (χ4v) is 3.71. The number of benzene rings is 1. The third kappa shape index (κ3) is 3.57. The molecule has 3 rings (SSSR count). The van der Waals surface area contributed by atoms with E-state index < -0.39 is 22.8 Å². The zero-order chi connectivity index (χ0) is 17.9. The maximum Gasteiger partial charge on any atom is 0.271 e. The fraction of sp³-hybridized carbons (Fsp3) is 0.588. The van der Waals surface area contributed by atoms with Gasteiger partial charge >= 0.3 is 0 Å². The molecule has 1 N–H and O–H groups in total. The molecule has 0 radical (unpaired) electrons. The third-order valence-electron chi connectivity index (χ3n) is 4.99. The van der Waals surface area contributed by atoms with Gasteiger partial charge in [-0.05, 0) is 18.9 Å². The molecule has 7 nitrogen and oxygen atoms in total. The first kappa shape index (κ1) is 17.6. The van der Waals surface area contributed by atoms with Gasteiger partial charge in [0.25, 0.3) is 5.69 Å². The van der Waals surface area contributed by atoms with E-state index in [4.69, 9.17) is 9.47 Å². The number of nitrogens with one attached hydrogen (secondary N) is 1.